The molecular formula is C7H7F2NO3. The quantitative estimate of drug-likeness (QED) is 0.676. The zero-order valence-electron chi connectivity index (χ0n) is 6.79. The first kappa shape index (κ1) is 9.63. The fourth-order valence-corrected chi connectivity index (χ4v) is 0.688. The molecule has 1 aromatic heterocycles. The Bertz CT molecular complexity index is 284. The van der Waals surface area contributed by atoms with Gasteiger partial charge in [0, 0.05) is 0 Å². The van der Waals surface area contributed by atoms with Crippen LogP contribution in [0.3, 0.4) is 0 Å². The number of hydrogen-bond acceptors (Lipinski definition) is 4. The van der Waals surface area contributed by atoms with E-state index in [9.17, 15) is 13.6 Å². The highest BCUT2D eigenvalue weighted by Crippen LogP contribution is 2.27. The summed E-state index contributed by atoms with van der Waals surface area (Å²) in [5.41, 5.74) is 0. The predicted octanol–water partition coefficient (Wildman–Crippen LogP) is 1.33. The minimum absolute atomic E-state index is 0.116. The second kappa shape index (κ2) is 3.51. The number of hydrogen-bond donors (Lipinski definition) is 0. The number of carbonyl (C=O) groups is 1. The molecule has 0 aliphatic carbocycles. The summed E-state index contributed by atoms with van der Waals surface area (Å²) < 4.78 is 34.3. The molecule has 1 heterocycles. The molecule has 0 fully saturated rings. The third-order valence-electron chi connectivity index (χ3n) is 1.23. The number of nitrogens with zero attached hydrogens (tertiary/aromatic N) is 1. The van der Waals surface area contributed by atoms with Crippen LogP contribution in [0.4, 0.5) is 8.78 Å². The molecule has 0 aromatic carbocycles. The third-order valence-corrected chi connectivity index (χ3v) is 1.23. The summed E-state index contributed by atoms with van der Waals surface area (Å²) in [5, 5.41) is 0. The van der Waals surface area contributed by atoms with Crippen molar-refractivity contribution in [3.8, 4) is 0 Å². The maximum absolute atomic E-state index is 12.9. The normalized spacial score (nSPS) is 11.3. The lowest BCUT2D eigenvalue weighted by atomic mass is 10.3. The predicted molar refractivity (Wildman–Crippen MR) is 37.0 cm³/mol. The minimum atomic E-state index is -3.81. The van der Waals surface area contributed by atoms with Crippen molar-refractivity contribution in [1.29, 1.82) is 0 Å². The molecule has 0 atom stereocenters. The molecule has 72 valence electrons. The zero-order valence-corrected chi connectivity index (χ0v) is 6.79. The van der Waals surface area contributed by atoms with Gasteiger partial charge in [-0.25, -0.2) is 9.78 Å². The standard InChI is InChI=1S/C7H7F2NO3/c1-2-12-6(11)7(8,9)5-10-3-4-13-5/h3-4H,2H2,1H3. The van der Waals surface area contributed by atoms with Gasteiger partial charge in [-0.1, -0.05) is 0 Å². The van der Waals surface area contributed by atoms with E-state index in [4.69, 9.17) is 0 Å². The van der Waals surface area contributed by atoms with Gasteiger partial charge in [0.05, 0.1) is 12.8 Å². The maximum atomic E-state index is 12.9. The van der Waals surface area contributed by atoms with Crippen LogP contribution < -0.4 is 0 Å². The van der Waals surface area contributed by atoms with Crippen molar-refractivity contribution in [1.82, 2.24) is 4.98 Å². The summed E-state index contributed by atoms with van der Waals surface area (Å²) in [6.07, 6.45) is 1.99. The average Bonchev–Trinajstić information content (AvgIpc) is 2.56. The molecule has 0 bridgehead atoms. The largest absolute Gasteiger partial charge is 0.461 e. The number of esters is 1. The smallest absolute Gasteiger partial charge is 0.416 e. The van der Waals surface area contributed by atoms with Crippen LogP contribution in [0, 0.1) is 0 Å². The van der Waals surface area contributed by atoms with Crippen molar-refractivity contribution >= 4 is 5.97 Å². The summed E-state index contributed by atoms with van der Waals surface area (Å²) in [7, 11) is 0. The molecule has 0 radical (unpaired) electrons. The van der Waals surface area contributed by atoms with Gasteiger partial charge in [-0.15, -0.1) is 0 Å². The van der Waals surface area contributed by atoms with Gasteiger partial charge < -0.3 is 9.15 Å². The Morgan fingerprint density at radius 3 is 2.92 bits per heavy atom. The number of aromatic nitrogens is 1. The van der Waals surface area contributed by atoms with E-state index < -0.39 is 17.8 Å². The van der Waals surface area contributed by atoms with E-state index in [-0.39, 0.29) is 6.61 Å². The molecule has 4 nitrogen and oxygen atoms in total. The average molecular weight is 191 g/mol. The van der Waals surface area contributed by atoms with Gasteiger partial charge in [-0.05, 0) is 6.92 Å². The molecule has 0 N–H and O–H groups in total. The molecule has 0 aliphatic rings. The Morgan fingerprint density at radius 1 is 1.77 bits per heavy atom. The lowest BCUT2D eigenvalue weighted by molar-refractivity contribution is -0.176. The van der Waals surface area contributed by atoms with Gasteiger partial charge in [0.15, 0.2) is 0 Å². The highest BCUT2D eigenvalue weighted by atomic mass is 19.3. The van der Waals surface area contributed by atoms with Crippen LogP contribution in [-0.4, -0.2) is 17.6 Å². The van der Waals surface area contributed by atoms with Gasteiger partial charge in [0.1, 0.15) is 6.26 Å². The first-order valence-electron chi connectivity index (χ1n) is 3.54. The number of halogens is 2. The zero-order chi connectivity index (χ0) is 9.90. The van der Waals surface area contributed by atoms with Crippen LogP contribution in [0.5, 0.6) is 0 Å². The second-order valence-electron chi connectivity index (χ2n) is 2.13. The van der Waals surface area contributed by atoms with E-state index in [1.165, 1.54) is 6.92 Å². The minimum Gasteiger partial charge on any atom is -0.461 e. The van der Waals surface area contributed by atoms with E-state index in [0.717, 1.165) is 12.5 Å². The summed E-state index contributed by atoms with van der Waals surface area (Å²) in [5.74, 6) is -6.41. The Kier molecular flexibility index (Phi) is 2.60. The van der Waals surface area contributed by atoms with Gasteiger partial charge >= 0.3 is 11.9 Å². The first-order chi connectivity index (χ1) is 6.09. The van der Waals surface area contributed by atoms with Crippen molar-refractivity contribution in [2.45, 2.75) is 12.8 Å². The van der Waals surface area contributed by atoms with Gasteiger partial charge in [0.25, 0.3) is 5.89 Å². The van der Waals surface area contributed by atoms with Crippen molar-refractivity contribution in [2.75, 3.05) is 6.61 Å². The van der Waals surface area contributed by atoms with Gasteiger partial charge in [0.2, 0.25) is 0 Å². The highest BCUT2D eigenvalue weighted by Gasteiger charge is 2.47. The third kappa shape index (κ3) is 1.82. The van der Waals surface area contributed by atoms with Crippen LogP contribution in [0.25, 0.3) is 0 Å². The second-order valence-corrected chi connectivity index (χ2v) is 2.13. The number of carbonyl (C=O) groups excluding carboxylic acids is 1. The molecule has 6 heteroatoms. The summed E-state index contributed by atoms with van der Waals surface area (Å²) in [6.45, 7) is 1.32. The molecule has 13 heavy (non-hydrogen) atoms. The topological polar surface area (TPSA) is 52.3 Å². The molecule has 1 rings (SSSR count). The van der Waals surface area contributed by atoms with E-state index in [2.05, 4.69) is 14.1 Å². The number of ether oxygens (including phenoxy) is 1. The maximum Gasteiger partial charge on any atom is 0.416 e. The van der Waals surface area contributed by atoms with Crippen molar-refractivity contribution in [3.05, 3.63) is 18.4 Å². The van der Waals surface area contributed by atoms with Crippen LogP contribution in [0.15, 0.2) is 16.9 Å². The first-order valence-corrected chi connectivity index (χ1v) is 3.54. The highest BCUT2D eigenvalue weighted by molar-refractivity contribution is 5.77. The van der Waals surface area contributed by atoms with E-state index in [1.54, 1.807) is 0 Å². The lowest BCUT2D eigenvalue weighted by Gasteiger charge is -2.09. The van der Waals surface area contributed by atoms with Crippen molar-refractivity contribution < 1.29 is 22.7 Å². The lowest BCUT2D eigenvalue weighted by Crippen LogP contribution is -2.28. The summed E-state index contributed by atoms with van der Waals surface area (Å²) >= 11 is 0. The molecule has 0 unspecified atom stereocenters. The fraction of sp³-hybridized carbons (Fsp3) is 0.429. The van der Waals surface area contributed by atoms with Crippen LogP contribution in [0.2, 0.25) is 0 Å². The number of oxazole rings is 1. The molecular weight excluding hydrogens is 184 g/mol. The summed E-state index contributed by atoms with van der Waals surface area (Å²) in [6, 6.07) is 0. The SMILES string of the molecule is CCOC(=O)C(F)(F)c1ncco1. The van der Waals surface area contributed by atoms with Crippen LogP contribution in [0.1, 0.15) is 12.8 Å². The Balaban J connectivity index is 2.82. The monoisotopic (exact) mass is 191 g/mol. The number of rotatable bonds is 3. The Morgan fingerprint density at radius 2 is 2.46 bits per heavy atom. The molecule has 0 amide bonds. The molecule has 0 saturated carbocycles. The van der Waals surface area contributed by atoms with E-state index in [0.29, 0.717) is 0 Å². The van der Waals surface area contributed by atoms with E-state index >= 15 is 0 Å². The summed E-state index contributed by atoms with van der Waals surface area (Å²) in [4.78, 5) is 13.9. The Hall–Kier alpha value is -1.46. The number of alkyl halides is 2. The van der Waals surface area contributed by atoms with Gasteiger partial charge in [-0.2, -0.15) is 8.78 Å². The fourth-order valence-electron chi connectivity index (χ4n) is 0.688. The van der Waals surface area contributed by atoms with Crippen molar-refractivity contribution in [3.63, 3.8) is 0 Å². The van der Waals surface area contributed by atoms with Crippen LogP contribution in [-0.2, 0) is 15.5 Å². The molecule has 0 aliphatic heterocycles. The van der Waals surface area contributed by atoms with Crippen LogP contribution >= 0.6 is 0 Å². The van der Waals surface area contributed by atoms with E-state index in [1.807, 2.05) is 0 Å². The van der Waals surface area contributed by atoms with Crippen molar-refractivity contribution in [2.24, 2.45) is 0 Å². The molecule has 1 aromatic rings. The van der Waals surface area contributed by atoms with Gasteiger partial charge in [-0.3, -0.25) is 0 Å². The molecule has 0 saturated heterocycles. The molecule has 0 spiro atoms. The Labute approximate surface area is 72.5 Å².